The molecule has 0 unspecified atom stereocenters. The van der Waals surface area contributed by atoms with Crippen molar-refractivity contribution in [2.75, 3.05) is 20.1 Å². The third-order valence-electron chi connectivity index (χ3n) is 2.66. The van der Waals surface area contributed by atoms with E-state index in [0.29, 0.717) is 12.6 Å². The van der Waals surface area contributed by atoms with Crippen LogP contribution in [0, 0.1) is 0 Å². The highest BCUT2D eigenvalue weighted by Gasteiger charge is 2.33. The summed E-state index contributed by atoms with van der Waals surface area (Å²) in [4.78, 5) is 15.6. The van der Waals surface area contributed by atoms with Crippen LogP contribution < -0.4 is 0 Å². The van der Waals surface area contributed by atoms with Gasteiger partial charge in [-0.2, -0.15) is 0 Å². The zero-order valence-electron chi connectivity index (χ0n) is 9.29. The van der Waals surface area contributed by atoms with Crippen molar-refractivity contribution in [3.8, 4) is 0 Å². The van der Waals surface area contributed by atoms with E-state index in [9.17, 15) is 4.79 Å². The smallest absolute Gasteiger partial charge is 0.236 e. The summed E-state index contributed by atoms with van der Waals surface area (Å²) in [7, 11) is 1.87. The molecular weight excluding hydrogens is 164 g/mol. The number of nitrogens with zero attached hydrogens (tertiary/aromatic N) is 2. The van der Waals surface area contributed by atoms with Gasteiger partial charge in [0.2, 0.25) is 5.91 Å². The van der Waals surface area contributed by atoms with Crippen molar-refractivity contribution >= 4 is 5.91 Å². The van der Waals surface area contributed by atoms with Crippen LogP contribution in [0.3, 0.4) is 0 Å². The van der Waals surface area contributed by atoms with Gasteiger partial charge in [0.15, 0.2) is 0 Å². The summed E-state index contributed by atoms with van der Waals surface area (Å²) >= 11 is 0. The Hall–Kier alpha value is -0.570. The number of rotatable bonds is 0. The molecule has 1 aliphatic heterocycles. The summed E-state index contributed by atoms with van der Waals surface area (Å²) in [6.45, 7) is 10.0. The van der Waals surface area contributed by atoms with E-state index in [1.807, 2.05) is 11.9 Å². The lowest BCUT2D eigenvalue weighted by molar-refractivity contribution is -0.139. The van der Waals surface area contributed by atoms with Gasteiger partial charge in [-0.25, -0.2) is 0 Å². The van der Waals surface area contributed by atoms with Crippen molar-refractivity contribution in [3.05, 3.63) is 0 Å². The van der Waals surface area contributed by atoms with Crippen molar-refractivity contribution in [2.24, 2.45) is 0 Å². The van der Waals surface area contributed by atoms with Crippen LogP contribution in [0.1, 0.15) is 27.7 Å². The molecule has 1 heterocycles. The highest BCUT2D eigenvalue weighted by molar-refractivity contribution is 5.79. The predicted molar refractivity (Wildman–Crippen MR) is 53.6 cm³/mol. The number of likely N-dealkylation sites (N-methyl/N-ethyl adjacent to an activating group) is 1. The van der Waals surface area contributed by atoms with E-state index >= 15 is 0 Å². The van der Waals surface area contributed by atoms with E-state index in [1.54, 1.807) is 0 Å². The lowest BCUT2D eigenvalue weighted by Crippen LogP contribution is -2.59. The second kappa shape index (κ2) is 3.29. The van der Waals surface area contributed by atoms with Gasteiger partial charge in [0, 0.05) is 25.2 Å². The highest BCUT2D eigenvalue weighted by Crippen LogP contribution is 2.20. The van der Waals surface area contributed by atoms with E-state index < -0.39 is 0 Å². The zero-order chi connectivity index (χ0) is 10.2. The summed E-state index contributed by atoms with van der Waals surface area (Å²) < 4.78 is 0. The molecule has 1 atom stereocenters. The number of carbonyl (C=O) groups excluding carboxylic acids is 1. The second-order valence-corrected chi connectivity index (χ2v) is 4.92. The van der Waals surface area contributed by atoms with Gasteiger partial charge in [-0.05, 0) is 27.7 Å². The fraction of sp³-hybridized carbons (Fsp3) is 0.900. The Morgan fingerprint density at radius 2 is 1.92 bits per heavy atom. The van der Waals surface area contributed by atoms with Crippen LogP contribution in [-0.4, -0.2) is 47.4 Å². The van der Waals surface area contributed by atoms with Crippen LogP contribution >= 0.6 is 0 Å². The fourth-order valence-electron chi connectivity index (χ4n) is 1.92. The molecule has 3 nitrogen and oxygen atoms in total. The first-order valence-corrected chi connectivity index (χ1v) is 4.83. The lowest BCUT2D eigenvalue weighted by Gasteiger charge is -2.45. The first-order valence-electron chi connectivity index (χ1n) is 4.83. The van der Waals surface area contributed by atoms with Gasteiger partial charge in [0.1, 0.15) is 0 Å². The van der Waals surface area contributed by atoms with Crippen LogP contribution in [0.4, 0.5) is 0 Å². The molecule has 0 radical (unpaired) electrons. The minimum atomic E-state index is 0.0936. The van der Waals surface area contributed by atoms with Crippen molar-refractivity contribution in [1.82, 2.24) is 9.80 Å². The Kier molecular flexibility index (Phi) is 2.66. The quantitative estimate of drug-likeness (QED) is 0.559. The molecule has 0 aromatic carbocycles. The van der Waals surface area contributed by atoms with Crippen LogP contribution in [0.15, 0.2) is 0 Å². The molecule has 76 valence electrons. The minimum absolute atomic E-state index is 0.0936. The molecule has 0 spiro atoms. The van der Waals surface area contributed by atoms with E-state index in [4.69, 9.17) is 0 Å². The summed E-state index contributed by atoms with van der Waals surface area (Å²) in [6.07, 6.45) is 0. The molecular formula is C10H20N2O. The topological polar surface area (TPSA) is 23.6 Å². The first-order chi connectivity index (χ1) is 5.82. The van der Waals surface area contributed by atoms with E-state index in [1.165, 1.54) is 0 Å². The molecule has 1 fully saturated rings. The van der Waals surface area contributed by atoms with Gasteiger partial charge < -0.3 is 4.90 Å². The number of amides is 1. The average Bonchev–Trinajstić information content (AvgIpc) is 1.94. The predicted octanol–water partition coefficient (Wildman–Crippen LogP) is 0.947. The maximum atomic E-state index is 11.5. The third kappa shape index (κ3) is 2.21. The number of carbonyl (C=O) groups is 1. The molecule has 0 saturated carbocycles. The molecule has 13 heavy (non-hydrogen) atoms. The Balaban J connectivity index is 2.73. The Bertz CT molecular complexity index is 207. The first kappa shape index (κ1) is 10.5. The van der Waals surface area contributed by atoms with Gasteiger partial charge in [0.05, 0.1) is 6.54 Å². The molecule has 0 aromatic heterocycles. The average molecular weight is 184 g/mol. The number of hydrogen-bond donors (Lipinski definition) is 0. The lowest BCUT2D eigenvalue weighted by atomic mass is 10.0. The SMILES string of the molecule is C[C@H]1CN(C)C(=O)CN1C(C)(C)C. The van der Waals surface area contributed by atoms with Crippen LogP contribution in [0.2, 0.25) is 0 Å². The molecule has 1 rings (SSSR count). The third-order valence-corrected chi connectivity index (χ3v) is 2.66. The Morgan fingerprint density at radius 1 is 1.38 bits per heavy atom. The van der Waals surface area contributed by atoms with Gasteiger partial charge >= 0.3 is 0 Å². The minimum Gasteiger partial charge on any atom is -0.343 e. The Labute approximate surface area is 80.7 Å². The molecule has 1 aliphatic rings. The van der Waals surface area contributed by atoms with E-state index in [-0.39, 0.29) is 11.4 Å². The van der Waals surface area contributed by atoms with Crippen molar-refractivity contribution in [3.63, 3.8) is 0 Å². The molecule has 1 saturated heterocycles. The summed E-state index contributed by atoms with van der Waals surface area (Å²) in [5.74, 6) is 0.230. The maximum Gasteiger partial charge on any atom is 0.236 e. The Morgan fingerprint density at radius 3 is 2.38 bits per heavy atom. The zero-order valence-corrected chi connectivity index (χ0v) is 9.29. The van der Waals surface area contributed by atoms with Gasteiger partial charge in [-0.3, -0.25) is 9.69 Å². The molecule has 0 bridgehead atoms. The molecule has 3 heteroatoms. The molecule has 0 aliphatic carbocycles. The monoisotopic (exact) mass is 184 g/mol. The van der Waals surface area contributed by atoms with Crippen LogP contribution in [-0.2, 0) is 4.79 Å². The molecule has 1 amide bonds. The largest absolute Gasteiger partial charge is 0.343 e. The normalized spacial score (nSPS) is 26.7. The highest BCUT2D eigenvalue weighted by atomic mass is 16.2. The number of piperazine rings is 1. The standard InChI is InChI=1S/C10H20N2O/c1-8-6-11(5)9(13)7-12(8)10(2,3)4/h8H,6-7H2,1-5H3/t8-/m0/s1. The van der Waals surface area contributed by atoms with E-state index in [0.717, 1.165) is 6.54 Å². The van der Waals surface area contributed by atoms with Crippen molar-refractivity contribution in [1.29, 1.82) is 0 Å². The van der Waals surface area contributed by atoms with Gasteiger partial charge in [0.25, 0.3) is 0 Å². The van der Waals surface area contributed by atoms with Crippen molar-refractivity contribution in [2.45, 2.75) is 39.3 Å². The maximum absolute atomic E-state index is 11.5. The summed E-state index contributed by atoms with van der Waals surface area (Å²) in [6, 6.07) is 0.461. The fourth-order valence-corrected chi connectivity index (χ4v) is 1.92. The van der Waals surface area contributed by atoms with Crippen LogP contribution in [0.25, 0.3) is 0 Å². The summed E-state index contributed by atoms with van der Waals surface area (Å²) in [5, 5.41) is 0. The molecule has 0 aromatic rings. The van der Waals surface area contributed by atoms with Crippen LogP contribution in [0.5, 0.6) is 0 Å². The van der Waals surface area contributed by atoms with Gasteiger partial charge in [-0.1, -0.05) is 0 Å². The second-order valence-electron chi connectivity index (χ2n) is 4.92. The van der Waals surface area contributed by atoms with Gasteiger partial charge in [-0.15, -0.1) is 0 Å². The van der Waals surface area contributed by atoms with E-state index in [2.05, 4.69) is 32.6 Å². The summed E-state index contributed by atoms with van der Waals surface area (Å²) in [5.41, 5.74) is 0.0936. The number of hydrogen-bond acceptors (Lipinski definition) is 2. The molecule has 0 N–H and O–H groups in total. The van der Waals surface area contributed by atoms with Crippen molar-refractivity contribution < 1.29 is 4.79 Å².